The Bertz CT molecular complexity index is 882. The number of aliphatic hydroxyl groups excluding tert-OH is 1. The van der Waals surface area contributed by atoms with Gasteiger partial charge in [-0.1, -0.05) is 0 Å². The van der Waals surface area contributed by atoms with Crippen LogP contribution in [0.15, 0.2) is 43.0 Å². The summed E-state index contributed by atoms with van der Waals surface area (Å²) in [7, 11) is 1.84. The number of amides is 1. The van der Waals surface area contributed by atoms with Gasteiger partial charge in [-0.05, 0) is 53.5 Å². The van der Waals surface area contributed by atoms with Crippen molar-refractivity contribution in [3.05, 3.63) is 54.1 Å². The van der Waals surface area contributed by atoms with E-state index in [0.29, 0.717) is 18.4 Å². The van der Waals surface area contributed by atoms with Crippen LogP contribution >= 0.6 is 0 Å². The van der Waals surface area contributed by atoms with E-state index in [1.807, 2.05) is 13.2 Å². The van der Waals surface area contributed by atoms with Gasteiger partial charge in [-0.15, -0.1) is 5.10 Å². The zero-order valence-electron chi connectivity index (χ0n) is 14.2. The molecule has 2 N–H and O–H groups in total. The van der Waals surface area contributed by atoms with Crippen LogP contribution in [0.3, 0.4) is 0 Å². The summed E-state index contributed by atoms with van der Waals surface area (Å²) in [4.78, 5) is 12.7. The Balaban J connectivity index is 1.51. The highest BCUT2D eigenvalue weighted by molar-refractivity contribution is 5.94. The molecule has 0 aliphatic heterocycles. The molecule has 3 aromatic rings. The first-order chi connectivity index (χ1) is 12.6. The maximum Gasteiger partial charge on any atom is 0.251 e. The summed E-state index contributed by atoms with van der Waals surface area (Å²) in [6.07, 6.45) is 6.23. The minimum absolute atomic E-state index is 0.163. The van der Waals surface area contributed by atoms with E-state index >= 15 is 0 Å². The van der Waals surface area contributed by atoms with Gasteiger partial charge in [0.1, 0.15) is 6.33 Å². The van der Waals surface area contributed by atoms with Crippen molar-refractivity contribution in [3.63, 3.8) is 0 Å². The molecule has 1 atom stereocenters. The van der Waals surface area contributed by atoms with E-state index in [1.165, 1.54) is 11.0 Å². The molecule has 26 heavy (non-hydrogen) atoms. The Labute approximate surface area is 149 Å². The molecule has 1 amide bonds. The first kappa shape index (κ1) is 16.4. The summed E-state index contributed by atoms with van der Waals surface area (Å²) in [6.45, 7) is 0. The van der Waals surface area contributed by atoms with Gasteiger partial charge in [0.2, 0.25) is 0 Å². The van der Waals surface area contributed by atoms with Gasteiger partial charge in [-0.3, -0.25) is 9.48 Å². The highest BCUT2D eigenvalue weighted by atomic mass is 16.3. The summed E-state index contributed by atoms with van der Waals surface area (Å²) >= 11 is 0. The molecular formula is C17H19N7O2. The molecule has 1 saturated carbocycles. The molecule has 0 unspecified atom stereocenters. The van der Waals surface area contributed by atoms with Gasteiger partial charge in [-0.2, -0.15) is 5.10 Å². The van der Waals surface area contributed by atoms with E-state index < -0.39 is 0 Å². The van der Waals surface area contributed by atoms with E-state index in [1.54, 1.807) is 35.1 Å². The highest BCUT2D eigenvalue weighted by Gasteiger charge is 2.36. The number of nitrogens with one attached hydrogen (secondary N) is 1. The molecule has 0 radical (unpaired) electrons. The summed E-state index contributed by atoms with van der Waals surface area (Å²) in [5, 5.41) is 27.9. The van der Waals surface area contributed by atoms with Gasteiger partial charge < -0.3 is 10.4 Å². The SMILES string of the molecule is Cn1cc([C@H](NC(=O)c2ccc(-n3cnnn3)cc2)C2CC(O)C2)cn1. The zero-order valence-corrected chi connectivity index (χ0v) is 14.2. The molecule has 9 nitrogen and oxygen atoms in total. The lowest BCUT2D eigenvalue weighted by atomic mass is 9.75. The number of carbonyl (C=O) groups excluding carboxylic acids is 1. The minimum atomic E-state index is -0.286. The summed E-state index contributed by atoms with van der Waals surface area (Å²) < 4.78 is 3.24. The predicted octanol–water partition coefficient (Wildman–Crippen LogP) is 0.638. The topological polar surface area (TPSA) is 111 Å². The number of aliphatic hydroxyl groups is 1. The molecule has 0 bridgehead atoms. The fraction of sp³-hybridized carbons (Fsp3) is 0.353. The molecule has 0 saturated heterocycles. The van der Waals surface area contributed by atoms with Crippen molar-refractivity contribution in [1.29, 1.82) is 0 Å². The zero-order chi connectivity index (χ0) is 18.1. The van der Waals surface area contributed by atoms with Crippen molar-refractivity contribution >= 4 is 5.91 Å². The van der Waals surface area contributed by atoms with Gasteiger partial charge in [0.25, 0.3) is 5.91 Å². The van der Waals surface area contributed by atoms with E-state index in [9.17, 15) is 9.90 Å². The number of aromatic nitrogens is 6. The molecule has 1 aliphatic carbocycles. The van der Waals surface area contributed by atoms with Crippen LogP contribution in [0.2, 0.25) is 0 Å². The van der Waals surface area contributed by atoms with Crippen molar-refractivity contribution < 1.29 is 9.90 Å². The van der Waals surface area contributed by atoms with Crippen LogP contribution in [0.5, 0.6) is 0 Å². The normalized spacial score (nSPS) is 20.4. The number of nitrogens with zero attached hydrogens (tertiary/aromatic N) is 6. The van der Waals surface area contributed by atoms with E-state index in [-0.39, 0.29) is 24.0 Å². The Kier molecular flexibility index (Phi) is 4.21. The second-order valence-corrected chi connectivity index (χ2v) is 6.59. The van der Waals surface area contributed by atoms with Gasteiger partial charge in [0.05, 0.1) is 24.0 Å². The van der Waals surface area contributed by atoms with Crippen LogP contribution in [0.1, 0.15) is 34.8 Å². The van der Waals surface area contributed by atoms with Crippen LogP contribution in [0.4, 0.5) is 0 Å². The van der Waals surface area contributed by atoms with Crippen molar-refractivity contribution in [2.45, 2.75) is 25.0 Å². The Morgan fingerprint density at radius 3 is 2.65 bits per heavy atom. The molecule has 2 aromatic heterocycles. The third-order valence-corrected chi connectivity index (χ3v) is 4.73. The van der Waals surface area contributed by atoms with Crippen LogP contribution < -0.4 is 5.32 Å². The Hall–Kier alpha value is -3.07. The number of rotatable bonds is 5. The molecule has 2 heterocycles. The fourth-order valence-electron chi connectivity index (χ4n) is 3.25. The lowest BCUT2D eigenvalue weighted by molar-refractivity contribution is 0.0235. The minimum Gasteiger partial charge on any atom is -0.393 e. The third-order valence-electron chi connectivity index (χ3n) is 4.73. The molecular weight excluding hydrogens is 334 g/mol. The molecule has 9 heteroatoms. The molecule has 1 aromatic carbocycles. The lowest BCUT2D eigenvalue weighted by Crippen LogP contribution is -2.41. The number of benzene rings is 1. The molecule has 1 fully saturated rings. The maximum atomic E-state index is 12.7. The number of hydrogen-bond acceptors (Lipinski definition) is 6. The molecule has 0 spiro atoms. The van der Waals surface area contributed by atoms with Gasteiger partial charge in [-0.25, -0.2) is 4.68 Å². The lowest BCUT2D eigenvalue weighted by Gasteiger charge is -2.37. The highest BCUT2D eigenvalue weighted by Crippen LogP contribution is 2.38. The van der Waals surface area contributed by atoms with Gasteiger partial charge in [0, 0.05) is 24.4 Å². The second kappa shape index (κ2) is 6.68. The molecule has 134 valence electrons. The number of tetrazole rings is 1. The monoisotopic (exact) mass is 353 g/mol. The standard InChI is InChI=1S/C17H19N7O2/c1-23-9-13(8-19-23)16(12-6-15(25)7-12)20-17(26)11-2-4-14(5-3-11)24-10-18-21-22-24/h2-5,8-10,12,15-16,25H,6-7H2,1H3,(H,20,26)/t12?,15?,16-/m1/s1. The average Bonchev–Trinajstić information content (AvgIpc) is 3.29. The number of carbonyl (C=O) groups is 1. The quantitative estimate of drug-likeness (QED) is 0.696. The van der Waals surface area contributed by atoms with Crippen molar-refractivity contribution in [3.8, 4) is 5.69 Å². The average molecular weight is 353 g/mol. The predicted molar refractivity (Wildman–Crippen MR) is 91.3 cm³/mol. The first-order valence-corrected chi connectivity index (χ1v) is 8.41. The van der Waals surface area contributed by atoms with Crippen LogP contribution in [0.25, 0.3) is 5.69 Å². The number of aryl methyl sites for hydroxylation is 1. The Morgan fingerprint density at radius 2 is 2.08 bits per heavy atom. The van der Waals surface area contributed by atoms with E-state index in [0.717, 1.165) is 11.3 Å². The van der Waals surface area contributed by atoms with Gasteiger partial charge in [0.15, 0.2) is 0 Å². The summed E-state index contributed by atoms with van der Waals surface area (Å²) in [5.41, 5.74) is 2.27. The fourth-order valence-corrected chi connectivity index (χ4v) is 3.25. The molecule has 1 aliphatic rings. The first-order valence-electron chi connectivity index (χ1n) is 8.41. The van der Waals surface area contributed by atoms with E-state index in [2.05, 4.69) is 25.9 Å². The van der Waals surface area contributed by atoms with Crippen molar-refractivity contribution in [2.24, 2.45) is 13.0 Å². The van der Waals surface area contributed by atoms with Crippen LogP contribution in [-0.2, 0) is 7.05 Å². The third kappa shape index (κ3) is 3.21. The van der Waals surface area contributed by atoms with Gasteiger partial charge >= 0.3 is 0 Å². The van der Waals surface area contributed by atoms with Crippen molar-refractivity contribution in [1.82, 2.24) is 35.3 Å². The van der Waals surface area contributed by atoms with Crippen LogP contribution in [-0.4, -0.2) is 47.1 Å². The summed E-state index contributed by atoms with van der Waals surface area (Å²) in [5.74, 6) is 0.0437. The second-order valence-electron chi connectivity index (χ2n) is 6.59. The summed E-state index contributed by atoms with van der Waals surface area (Å²) in [6, 6.07) is 6.89. The maximum absolute atomic E-state index is 12.7. The number of hydrogen-bond donors (Lipinski definition) is 2. The largest absolute Gasteiger partial charge is 0.393 e. The molecule has 4 rings (SSSR count). The Morgan fingerprint density at radius 1 is 1.31 bits per heavy atom. The van der Waals surface area contributed by atoms with E-state index in [4.69, 9.17) is 0 Å². The van der Waals surface area contributed by atoms with Crippen LogP contribution in [0, 0.1) is 5.92 Å². The van der Waals surface area contributed by atoms with Crippen molar-refractivity contribution in [2.75, 3.05) is 0 Å². The smallest absolute Gasteiger partial charge is 0.251 e.